The van der Waals surface area contributed by atoms with E-state index in [0.717, 1.165) is 16.5 Å². The SMILES string of the molecule is Cc1cc(=O)oc2cc(O[C@@H](C)C(=O)N[C@@H](C)c3ccccc3)ccc12. The summed E-state index contributed by atoms with van der Waals surface area (Å²) in [6.45, 7) is 5.46. The molecule has 1 aromatic heterocycles. The molecule has 0 saturated heterocycles. The van der Waals surface area contributed by atoms with Crippen LogP contribution < -0.4 is 15.7 Å². The van der Waals surface area contributed by atoms with E-state index in [4.69, 9.17) is 9.15 Å². The molecule has 0 saturated carbocycles. The highest BCUT2D eigenvalue weighted by Crippen LogP contribution is 2.23. The van der Waals surface area contributed by atoms with Gasteiger partial charge in [-0.2, -0.15) is 0 Å². The molecular weight excluding hydrogens is 330 g/mol. The Morgan fingerprint density at radius 3 is 2.54 bits per heavy atom. The van der Waals surface area contributed by atoms with E-state index in [1.165, 1.54) is 6.07 Å². The molecule has 2 aromatic carbocycles. The maximum atomic E-state index is 12.4. The number of carbonyl (C=O) groups is 1. The van der Waals surface area contributed by atoms with Gasteiger partial charge in [0.15, 0.2) is 6.10 Å². The minimum Gasteiger partial charge on any atom is -0.481 e. The molecule has 0 bridgehead atoms. The molecule has 134 valence electrons. The van der Waals surface area contributed by atoms with Crippen molar-refractivity contribution in [1.29, 1.82) is 0 Å². The zero-order chi connectivity index (χ0) is 18.7. The Hall–Kier alpha value is -3.08. The van der Waals surface area contributed by atoms with Crippen LogP contribution in [-0.2, 0) is 4.79 Å². The van der Waals surface area contributed by atoms with Crippen LogP contribution in [0.1, 0.15) is 31.0 Å². The minimum atomic E-state index is -0.685. The van der Waals surface area contributed by atoms with Crippen molar-refractivity contribution in [2.45, 2.75) is 32.9 Å². The Balaban J connectivity index is 1.71. The van der Waals surface area contributed by atoms with Gasteiger partial charge < -0.3 is 14.5 Å². The molecule has 3 aromatic rings. The molecule has 0 aliphatic rings. The molecular formula is C21H21NO4. The first-order valence-corrected chi connectivity index (χ1v) is 8.50. The summed E-state index contributed by atoms with van der Waals surface area (Å²) in [6.07, 6.45) is -0.685. The van der Waals surface area contributed by atoms with Crippen molar-refractivity contribution in [1.82, 2.24) is 5.32 Å². The minimum absolute atomic E-state index is 0.118. The largest absolute Gasteiger partial charge is 0.481 e. The highest BCUT2D eigenvalue weighted by Gasteiger charge is 2.18. The Morgan fingerprint density at radius 2 is 1.81 bits per heavy atom. The smallest absolute Gasteiger partial charge is 0.336 e. The number of fused-ring (bicyclic) bond motifs is 1. The normalized spacial score (nSPS) is 13.2. The van der Waals surface area contributed by atoms with Crippen LogP contribution in [0.5, 0.6) is 5.75 Å². The molecule has 0 spiro atoms. The van der Waals surface area contributed by atoms with E-state index in [9.17, 15) is 9.59 Å². The van der Waals surface area contributed by atoms with E-state index in [2.05, 4.69) is 5.32 Å². The second kappa shape index (κ2) is 7.44. The lowest BCUT2D eigenvalue weighted by Gasteiger charge is -2.19. The van der Waals surface area contributed by atoms with Crippen molar-refractivity contribution in [3.8, 4) is 5.75 Å². The molecule has 1 heterocycles. The van der Waals surface area contributed by atoms with Crippen LogP contribution in [0.25, 0.3) is 11.0 Å². The lowest BCUT2D eigenvalue weighted by molar-refractivity contribution is -0.127. The van der Waals surface area contributed by atoms with Crippen molar-refractivity contribution >= 4 is 16.9 Å². The van der Waals surface area contributed by atoms with Crippen molar-refractivity contribution in [2.75, 3.05) is 0 Å². The number of ether oxygens (including phenoxy) is 1. The van der Waals surface area contributed by atoms with Gasteiger partial charge in [-0.15, -0.1) is 0 Å². The molecule has 5 nitrogen and oxygen atoms in total. The van der Waals surface area contributed by atoms with E-state index in [0.29, 0.717) is 11.3 Å². The van der Waals surface area contributed by atoms with Crippen molar-refractivity contribution in [2.24, 2.45) is 0 Å². The van der Waals surface area contributed by atoms with Gasteiger partial charge in [-0.05, 0) is 44.0 Å². The summed E-state index contributed by atoms with van der Waals surface area (Å²) in [4.78, 5) is 23.9. The summed E-state index contributed by atoms with van der Waals surface area (Å²) in [5.74, 6) is 0.258. The average molecular weight is 351 g/mol. The van der Waals surface area contributed by atoms with Crippen LogP contribution in [0.4, 0.5) is 0 Å². The second-order valence-corrected chi connectivity index (χ2v) is 6.31. The lowest BCUT2D eigenvalue weighted by atomic mass is 10.1. The van der Waals surface area contributed by atoms with E-state index in [-0.39, 0.29) is 11.9 Å². The van der Waals surface area contributed by atoms with Gasteiger partial charge in [0.1, 0.15) is 11.3 Å². The maximum absolute atomic E-state index is 12.4. The topological polar surface area (TPSA) is 68.5 Å². The van der Waals surface area contributed by atoms with Gasteiger partial charge >= 0.3 is 5.63 Å². The summed E-state index contributed by atoms with van der Waals surface area (Å²) in [5, 5.41) is 3.77. The predicted octanol–water partition coefficient (Wildman–Crippen LogP) is 3.75. The molecule has 0 aliphatic heterocycles. The van der Waals surface area contributed by atoms with Gasteiger partial charge in [0.25, 0.3) is 5.91 Å². The number of aryl methyl sites for hydroxylation is 1. The molecule has 0 fully saturated rings. The van der Waals surface area contributed by atoms with Crippen LogP contribution in [0.3, 0.4) is 0 Å². The van der Waals surface area contributed by atoms with Gasteiger partial charge in [-0.3, -0.25) is 4.79 Å². The summed E-state index contributed by atoms with van der Waals surface area (Å²) in [5.41, 5.74) is 1.90. The fourth-order valence-electron chi connectivity index (χ4n) is 2.79. The fraction of sp³-hybridized carbons (Fsp3) is 0.238. The second-order valence-electron chi connectivity index (χ2n) is 6.31. The van der Waals surface area contributed by atoms with Gasteiger partial charge in [0.05, 0.1) is 6.04 Å². The Bertz CT molecular complexity index is 978. The van der Waals surface area contributed by atoms with Crippen LogP contribution in [0.15, 0.2) is 63.8 Å². The number of amides is 1. The van der Waals surface area contributed by atoms with E-state index in [1.807, 2.05) is 50.2 Å². The quantitative estimate of drug-likeness (QED) is 0.711. The Labute approximate surface area is 151 Å². The number of benzene rings is 2. The van der Waals surface area contributed by atoms with Crippen LogP contribution in [0.2, 0.25) is 0 Å². The predicted molar refractivity (Wildman–Crippen MR) is 100 cm³/mol. The standard InChI is InChI=1S/C21H21NO4/c1-13-11-20(23)26-19-12-17(9-10-18(13)19)25-15(3)21(24)22-14(2)16-7-5-4-6-8-16/h4-12,14-15H,1-3H3,(H,22,24)/t14-,15-/m0/s1. The summed E-state index contributed by atoms with van der Waals surface area (Å²) in [7, 11) is 0. The van der Waals surface area contributed by atoms with Crippen LogP contribution in [0, 0.1) is 6.92 Å². The van der Waals surface area contributed by atoms with E-state index >= 15 is 0 Å². The summed E-state index contributed by atoms with van der Waals surface area (Å²) < 4.78 is 10.9. The van der Waals surface area contributed by atoms with Crippen LogP contribution >= 0.6 is 0 Å². The van der Waals surface area contributed by atoms with Crippen molar-refractivity contribution in [3.05, 3.63) is 76.1 Å². The molecule has 0 aliphatic carbocycles. The number of hydrogen-bond donors (Lipinski definition) is 1. The molecule has 3 rings (SSSR count). The number of nitrogens with one attached hydrogen (secondary N) is 1. The lowest BCUT2D eigenvalue weighted by Crippen LogP contribution is -2.37. The summed E-state index contributed by atoms with van der Waals surface area (Å²) in [6, 6.07) is 16.3. The Morgan fingerprint density at radius 1 is 1.08 bits per heavy atom. The van der Waals surface area contributed by atoms with Gasteiger partial charge in [-0.25, -0.2) is 4.79 Å². The van der Waals surface area contributed by atoms with Crippen molar-refractivity contribution in [3.63, 3.8) is 0 Å². The van der Waals surface area contributed by atoms with Gasteiger partial charge in [0, 0.05) is 17.5 Å². The Kier molecular flexibility index (Phi) is 5.07. The molecule has 26 heavy (non-hydrogen) atoms. The first-order valence-electron chi connectivity index (χ1n) is 8.50. The third-order valence-electron chi connectivity index (χ3n) is 4.26. The van der Waals surface area contributed by atoms with E-state index in [1.54, 1.807) is 19.1 Å². The number of rotatable bonds is 5. The van der Waals surface area contributed by atoms with Crippen LogP contribution in [-0.4, -0.2) is 12.0 Å². The highest BCUT2D eigenvalue weighted by atomic mass is 16.5. The van der Waals surface area contributed by atoms with E-state index < -0.39 is 11.7 Å². The molecule has 2 atom stereocenters. The fourth-order valence-corrected chi connectivity index (χ4v) is 2.79. The molecule has 1 amide bonds. The molecule has 5 heteroatoms. The van der Waals surface area contributed by atoms with Crippen molar-refractivity contribution < 1.29 is 13.9 Å². The molecule has 0 radical (unpaired) electrons. The zero-order valence-corrected chi connectivity index (χ0v) is 15.0. The monoisotopic (exact) mass is 351 g/mol. The first-order chi connectivity index (χ1) is 12.4. The maximum Gasteiger partial charge on any atom is 0.336 e. The van der Waals surface area contributed by atoms with Gasteiger partial charge in [0.2, 0.25) is 0 Å². The number of carbonyl (C=O) groups excluding carboxylic acids is 1. The molecule has 1 N–H and O–H groups in total. The third kappa shape index (κ3) is 3.94. The first kappa shape index (κ1) is 17.7. The highest BCUT2D eigenvalue weighted by molar-refractivity contribution is 5.83. The summed E-state index contributed by atoms with van der Waals surface area (Å²) >= 11 is 0. The zero-order valence-electron chi connectivity index (χ0n) is 15.0. The molecule has 0 unspecified atom stereocenters. The third-order valence-corrected chi connectivity index (χ3v) is 4.26. The van der Waals surface area contributed by atoms with Gasteiger partial charge in [-0.1, -0.05) is 30.3 Å². The number of hydrogen-bond acceptors (Lipinski definition) is 4. The average Bonchev–Trinajstić information content (AvgIpc) is 2.61.